The van der Waals surface area contributed by atoms with E-state index in [0.717, 1.165) is 6.26 Å². The quantitative estimate of drug-likeness (QED) is 0.357. The van der Waals surface area contributed by atoms with Crippen molar-refractivity contribution in [3.63, 3.8) is 0 Å². The van der Waals surface area contributed by atoms with E-state index in [9.17, 15) is 4.57 Å². The summed E-state index contributed by atoms with van der Waals surface area (Å²) in [5.74, 6) is 0. The van der Waals surface area contributed by atoms with Gasteiger partial charge in [0.1, 0.15) is 6.26 Å². The van der Waals surface area contributed by atoms with Crippen LogP contribution in [0, 0.1) is 0 Å². The minimum absolute atomic E-state index is 0.915. The summed E-state index contributed by atoms with van der Waals surface area (Å²) < 4.78 is 13.3. The van der Waals surface area contributed by atoms with Crippen molar-refractivity contribution in [2.45, 2.75) is 0 Å². The van der Waals surface area contributed by atoms with Gasteiger partial charge in [-0.3, -0.25) is 5.50 Å². The molecule has 0 aromatic carbocycles. The maximum atomic E-state index is 9.45. The summed E-state index contributed by atoms with van der Waals surface area (Å²) in [7, 11) is -4.59. The molecule has 0 aliphatic heterocycles. The molecule has 5 N–H and O–H groups in total. The van der Waals surface area contributed by atoms with Crippen LogP contribution in [0.5, 0.6) is 0 Å². The third kappa shape index (κ3) is 44.6. The van der Waals surface area contributed by atoms with Gasteiger partial charge in [-0.15, -0.1) is 4.89 Å². The van der Waals surface area contributed by atoms with Crippen LogP contribution in [0.15, 0.2) is 12.8 Å². The van der Waals surface area contributed by atoms with E-state index < -0.39 is 16.8 Å². The molecule has 8 heteroatoms. The first-order valence-electron chi connectivity index (χ1n) is 1.87. The van der Waals surface area contributed by atoms with Crippen LogP contribution in [-0.2, 0) is 9.09 Å². The Hall–Kier alpha value is -0.0900. The summed E-state index contributed by atoms with van der Waals surface area (Å²) in [5, 5.41) is 0. The van der Waals surface area contributed by atoms with Crippen molar-refractivity contribution in [3.05, 3.63) is 12.8 Å². The Labute approximate surface area is 59.9 Å². The second-order valence-electron chi connectivity index (χ2n) is 0.830. The van der Waals surface area contributed by atoms with E-state index in [1.807, 2.05) is 0 Å². The van der Waals surface area contributed by atoms with Gasteiger partial charge in [-0.2, -0.15) is 0 Å². The second kappa shape index (κ2) is 8.91. The van der Waals surface area contributed by atoms with Gasteiger partial charge in [0.2, 0.25) is 8.53 Å². The van der Waals surface area contributed by atoms with Crippen molar-refractivity contribution in [1.82, 2.24) is 0 Å². The monoisotopic (exact) mass is 188 g/mol. The Balaban J connectivity index is 0. The smallest absolute Gasteiger partial charge is 0.338 e. The minimum atomic E-state index is -2.47. The molecule has 0 amide bonds. The van der Waals surface area contributed by atoms with Crippen LogP contribution in [0.4, 0.5) is 0 Å². The molecule has 1 unspecified atom stereocenters. The molecule has 0 aliphatic carbocycles. The van der Waals surface area contributed by atoms with Gasteiger partial charge in [-0.05, 0) is 0 Å². The van der Waals surface area contributed by atoms with Crippen molar-refractivity contribution < 1.29 is 23.8 Å². The molecule has 0 radical (unpaired) electrons. The molecule has 6 nitrogen and oxygen atoms in total. The average molecular weight is 188 g/mol. The predicted molar refractivity (Wildman–Crippen MR) is 36.7 cm³/mol. The molecular weight excluding hydrogens is 180 g/mol. The second-order valence-corrected chi connectivity index (χ2v) is 2.16. The first-order chi connectivity index (χ1) is 4.50. The van der Waals surface area contributed by atoms with Crippen LogP contribution in [0.2, 0.25) is 0 Å². The zero-order valence-electron chi connectivity index (χ0n) is 4.91. The van der Waals surface area contributed by atoms with Gasteiger partial charge < -0.3 is 9.79 Å². The molecule has 0 aromatic rings. The van der Waals surface area contributed by atoms with Crippen molar-refractivity contribution in [1.29, 1.82) is 0 Å². The van der Waals surface area contributed by atoms with Gasteiger partial charge in [0.05, 0.1) is 0 Å². The highest BCUT2D eigenvalue weighted by atomic mass is 31.2. The Morgan fingerprint density at radius 2 is 2.00 bits per heavy atom. The Bertz CT molecular complexity index is 103. The predicted octanol–water partition coefficient (Wildman–Crippen LogP) is -0.0472. The topological polar surface area (TPSA) is 113 Å². The van der Waals surface area contributed by atoms with E-state index in [2.05, 4.69) is 16.6 Å². The number of hydrogen-bond donors (Lipinski definition) is 4. The van der Waals surface area contributed by atoms with Crippen LogP contribution >= 0.6 is 16.8 Å². The van der Waals surface area contributed by atoms with Crippen molar-refractivity contribution in [2.24, 2.45) is 5.50 Å². The summed E-state index contributed by atoms with van der Waals surface area (Å²) >= 11 is 0. The molecule has 10 heavy (non-hydrogen) atoms. The molecule has 1 atom stereocenters. The third-order valence-electron chi connectivity index (χ3n) is 0.165. The molecular formula is C2H8NO5P2+. The maximum Gasteiger partial charge on any atom is 0.746 e. The van der Waals surface area contributed by atoms with Crippen LogP contribution in [-0.4, -0.2) is 14.7 Å². The lowest BCUT2D eigenvalue weighted by Crippen LogP contribution is -1.78. The molecule has 0 aliphatic rings. The van der Waals surface area contributed by atoms with Gasteiger partial charge in [0.25, 0.3) is 0 Å². The maximum absolute atomic E-state index is 9.45. The van der Waals surface area contributed by atoms with Crippen LogP contribution in [0.25, 0.3) is 0 Å². The van der Waals surface area contributed by atoms with Crippen LogP contribution in [0.1, 0.15) is 0 Å². The molecule has 0 heterocycles. The third-order valence-corrected chi connectivity index (χ3v) is 0.494. The fraction of sp³-hybridized carbons (Fsp3) is 0. The Morgan fingerprint density at radius 1 is 1.70 bits per heavy atom. The highest BCUT2D eigenvalue weighted by Gasteiger charge is 2.05. The average Bonchev–Trinajstić information content (AvgIpc) is 1.62. The molecule has 0 spiro atoms. The Kier molecular flexibility index (Phi) is 11.2. The van der Waals surface area contributed by atoms with E-state index in [4.69, 9.17) is 14.7 Å². The summed E-state index contributed by atoms with van der Waals surface area (Å²) in [4.78, 5) is 22.7. The highest BCUT2D eigenvalue weighted by Crippen LogP contribution is 2.12. The van der Waals surface area contributed by atoms with Crippen molar-refractivity contribution >= 4 is 16.8 Å². The van der Waals surface area contributed by atoms with Crippen LogP contribution in [0.3, 0.4) is 0 Å². The van der Waals surface area contributed by atoms with Crippen molar-refractivity contribution in [2.75, 3.05) is 0 Å². The largest absolute Gasteiger partial charge is 0.746 e. The van der Waals surface area contributed by atoms with E-state index in [-0.39, 0.29) is 0 Å². The van der Waals surface area contributed by atoms with E-state index in [0.29, 0.717) is 0 Å². The fourth-order valence-electron chi connectivity index (χ4n) is 0.0638. The standard InChI is InChI=1S/C2H3O3P.H4NO2P/c1-2-5-6(3)4;1-4(2)3/h2H,1H2;2-3H,1H2/p+1. The molecule has 0 fully saturated rings. The van der Waals surface area contributed by atoms with Gasteiger partial charge in [-0.25, -0.2) is 4.52 Å². The fourth-order valence-corrected chi connectivity index (χ4v) is 0.191. The van der Waals surface area contributed by atoms with E-state index in [1.54, 1.807) is 0 Å². The first-order valence-corrected chi connectivity index (χ1v) is 4.31. The highest BCUT2D eigenvalue weighted by molar-refractivity contribution is 7.42. The van der Waals surface area contributed by atoms with Gasteiger partial charge in [0.15, 0.2) is 0 Å². The molecule has 0 saturated carbocycles. The number of rotatable bonds is 2. The lowest BCUT2D eigenvalue weighted by atomic mass is 11.2. The number of hydrogen-bond acceptors (Lipinski definition) is 5. The van der Waals surface area contributed by atoms with Gasteiger partial charge >= 0.3 is 8.25 Å². The normalized spacial score (nSPS) is 9.50. The molecule has 0 aromatic heterocycles. The molecule has 60 valence electrons. The summed E-state index contributed by atoms with van der Waals surface area (Å²) in [6.45, 7) is 3.03. The minimum Gasteiger partial charge on any atom is -0.338 e. The SMILES string of the molecule is C=CO[P+](=O)O.NP(O)O. The van der Waals surface area contributed by atoms with Gasteiger partial charge in [-0.1, -0.05) is 6.58 Å². The summed E-state index contributed by atoms with van der Waals surface area (Å²) in [5.41, 5.74) is 4.29. The van der Waals surface area contributed by atoms with Gasteiger partial charge in [0, 0.05) is 4.57 Å². The molecule has 0 bridgehead atoms. The lowest BCUT2D eigenvalue weighted by Gasteiger charge is -1.79. The zero-order chi connectivity index (χ0) is 8.57. The number of nitrogens with two attached hydrogens (primary N) is 1. The lowest BCUT2D eigenvalue weighted by molar-refractivity contribution is 0.379. The summed E-state index contributed by atoms with van der Waals surface area (Å²) in [6.07, 6.45) is 0.915. The van der Waals surface area contributed by atoms with Crippen molar-refractivity contribution in [3.8, 4) is 0 Å². The molecule has 0 saturated heterocycles. The Morgan fingerprint density at radius 3 is 2.00 bits per heavy atom. The van der Waals surface area contributed by atoms with E-state index >= 15 is 0 Å². The molecule has 0 rings (SSSR count). The van der Waals surface area contributed by atoms with Crippen LogP contribution < -0.4 is 5.50 Å². The zero-order valence-corrected chi connectivity index (χ0v) is 6.70. The summed E-state index contributed by atoms with van der Waals surface area (Å²) in [6, 6.07) is 0. The van der Waals surface area contributed by atoms with E-state index in [1.165, 1.54) is 0 Å². The first kappa shape index (κ1) is 12.6.